The molecule has 2 heterocycles. The molecule has 0 fully saturated rings. The van der Waals surface area contributed by atoms with Crippen LogP contribution in [-0.2, 0) is 0 Å². The molecule has 122 valence electrons. The van der Waals surface area contributed by atoms with E-state index in [1.165, 1.54) is 11.3 Å². The minimum atomic E-state index is -0.415. The first-order valence-corrected chi connectivity index (χ1v) is 8.40. The van der Waals surface area contributed by atoms with Gasteiger partial charge in [-0.2, -0.15) is 5.10 Å². The minimum Gasteiger partial charge on any atom is -0.296 e. The van der Waals surface area contributed by atoms with Gasteiger partial charge in [0.2, 0.25) is 0 Å². The van der Waals surface area contributed by atoms with Gasteiger partial charge in [-0.15, -0.1) is 11.3 Å². The molecule has 0 atom stereocenters. The predicted octanol–water partition coefficient (Wildman–Crippen LogP) is 3.30. The summed E-state index contributed by atoms with van der Waals surface area (Å²) in [5.74, 6) is -0.415. The fourth-order valence-electron chi connectivity index (χ4n) is 2.52. The van der Waals surface area contributed by atoms with E-state index in [9.17, 15) is 9.59 Å². The molecule has 0 bridgehead atoms. The van der Waals surface area contributed by atoms with Gasteiger partial charge in [0.1, 0.15) is 0 Å². The van der Waals surface area contributed by atoms with Gasteiger partial charge in [-0.3, -0.25) is 14.9 Å². The van der Waals surface area contributed by atoms with Gasteiger partial charge in [-0.1, -0.05) is 48.5 Å². The summed E-state index contributed by atoms with van der Waals surface area (Å²) in [7, 11) is 0. The predicted molar refractivity (Wildman–Crippen MR) is 97.9 cm³/mol. The molecular weight excluding hydrogens is 336 g/mol. The lowest BCUT2D eigenvalue weighted by Gasteiger charge is -2.04. The van der Waals surface area contributed by atoms with Crippen LogP contribution in [0.15, 0.2) is 64.8 Å². The fraction of sp³-hybridized carbons (Fsp3) is 0. The SMILES string of the molecule is O=C(Nc1nc(-c2ccccc2)cs1)c1n[nH]c(=O)c2ccccc12. The van der Waals surface area contributed by atoms with Gasteiger partial charge >= 0.3 is 0 Å². The van der Waals surface area contributed by atoms with E-state index in [0.717, 1.165) is 11.3 Å². The fourth-order valence-corrected chi connectivity index (χ4v) is 3.23. The zero-order chi connectivity index (χ0) is 17.2. The molecule has 0 aliphatic carbocycles. The maximum atomic E-state index is 12.6. The first-order valence-electron chi connectivity index (χ1n) is 7.52. The van der Waals surface area contributed by atoms with Crippen molar-refractivity contribution in [2.24, 2.45) is 0 Å². The van der Waals surface area contributed by atoms with E-state index in [0.29, 0.717) is 15.9 Å². The van der Waals surface area contributed by atoms with Crippen LogP contribution in [0.4, 0.5) is 5.13 Å². The van der Waals surface area contributed by atoms with Gasteiger partial charge < -0.3 is 0 Å². The van der Waals surface area contributed by atoms with Crippen molar-refractivity contribution in [3.63, 3.8) is 0 Å². The molecule has 7 heteroatoms. The average Bonchev–Trinajstić information content (AvgIpc) is 3.11. The van der Waals surface area contributed by atoms with Crippen LogP contribution >= 0.6 is 11.3 Å². The minimum absolute atomic E-state index is 0.159. The van der Waals surface area contributed by atoms with E-state index < -0.39 is 5.91 Å². The van der Waals surface area contributed by atoms with E-state index in [4.69, 9.17) is 0 Å². The van der Waals surface area contributed by atoms with Crippen LogP contribution in [0.2, 0.25) is 0 Å². The monoisotopic (exact) mass is 348 g/mol. The largest absolute Gasteiger partial charge is 0.296 e. The maximum absolute atomic E-state index is 12.6. The van der Waals surface area contributed by atoms with Gasteiger partial charge in [-0.05, 0) is 6.07 Å². The number of carbonyl (C=O) groups excluding carboxylic acids is 1. The van der Waals surface area contributed by atoms with Gasteiger partial charge in [0.25, 0.3) is 11.5 Å². The van der Waals surface area contributed by atoms with Crippen molar-refractivity contribution in [3.05, 3.63) is 76.0 Å². The Balaban J connectivity index is 1.64. The number of carbonyl (C=O) groups is 1. The summed E-state index contributed by atoms with van der Waals surface area (Å²) in [5, 5.41) is 12.3. The number of rotatable bonds is 3. The summed E-state index contributed by atoms with van der Waals surface area (Å²) in [6, 6.07) is 16.6. The van der Waals surface area contributed by atoms with Crippen LogP contribution in [0.25, 0.3) is 22.0 Å². The van der Waals surface area contributed by atoms with E-state index in [1.807, 2.05) is 35.7 Å². The molecule has 0 saturated heterocycles. The third-order valence-corrected chi connectivity index (χ3v) is 4.46. The van der Waals surface area contributed by atoms with Crippen LogP contribution in [-0.4, -0.2) is 21.1 Å². The normalized spacial score (nSPS) is 10.7. The second-order valence-electron chi connectivity index (χ2n) is 5.30. The number of H-pyrrole nitrogens is 1. The van der Waals surface area contributed by atoms with E-state index in [2.05, 4.69) is 20.5 Å². The highest BCUT2D eigenvalue weighted by atomic mass is 32.1. The molecule has 1 amide bonds. The first kappa shape index (κ1) is 15.2. The Morgan fingerprint density at radius 1 is 1.00 bits per heavy atom. The number of hydrogen-bond donors (Lipinski definition) is 2. The van der Waals surface area contributed by atoms with Crippen molar-refractivity contribution < 1.29 is 4.79 Å². The van der Waals surface area contributed by atoms with Crippen molar-refractivity contribution in [3.8, 4) is 11.3 Å². The molecule has 25 heavy (non-hydrogen) atoms. The Hall–Kier alpha value is -3.32. The summed E-state index contributed by atoms with van der Waals surface area (Å²) in [5.41, 5.74) is 1.60. The highest BCUT2D eigenvalue weighted by Crippen LogP contribution is 2.25. The van der Waals surface area contributed by atoms with Gasteiger partial charge in [0, 0.05) is 16.3 Å². The Morgan fingerprint density at radius 3 is 2.52 bits per heavy atom. The average molecular weight is 348 g/mol. The molecule has 2 aromatic heterocycles. The lowest BCUT2D eigenvalue weighted by molar-refractivity contribution is 0.102. The number of nitrogens with one attached hydrogen (secondary N) is 2. The number of aromatic amines is 1. The lowest BCUT2D eigenvalue weighted by atomic mass is 10.1. The molecule has 2 N–H and O–H groups in total. The third kappa shape index (κ3) is 2.92. The molecule has 0 aliphatic heterocycles. The number of anilines is 1. The number of aromatic nitrogens is 3. The number of thiazole rings is 1. The number of nitrogens with zero attached hydrogens (tertiary/aromatic N) is 2. The quantitative estimate of drug-likeness (QED) is 0.595. The van der Waals surface area contributed by atoms with Crippen molar-refractivity contribution in [1.29, 1.82) is 0 Å². The molecule has 0 aliphatic rings. The number of amides is 1. The van der Waals surface area contributed by atoms with Crippen molar-refractivity contribution in [1.82, 2.24) is 15.2 Å². The van der Waals surface area contributed by atoms with Gasteiger partial charge in [0.15, 0.2) is 10.8 Å². The Morgan fingerprint density at radius 2 is 1.72 bits per heavy atom. The third-order valence-electron chi connectivity index (χ3n) is 3.71. The second-order valence-corrected chi connectivity index (χ2v) is 6.16. The summed E-state index contributed by atoms with van der Waals surface area (Å²) in [4.78, 5) is 28.8. The number of benzene rings is 2. The van der Waals surface area contributed by atoms with Gasteiger partial charge in [0.05, 0.1) is 11.1 Å². The zero-order valence-corrected chi connectivity index (χ0v) is 13.7. The van der Waals surface area contributed by atoms with E-state index in [-0.39, 0.29) is 11.3 Å². The van der Waals surface area contributed by atoms with Crippen molar-refractivity contribution in [2.45, 2.75) is 0 Å². The summed E-state index contributed by atoms with van der Waals surface area (Å²) < 4.78 is 0. The van der Waals surface area contributed by atoms with Crippen LogP contribution in [0.3, 0.4) is 0 Å². The molecule has 6 nitrogen and oxygen atoms in total. The van der Waals surface area contributed by atoms with E-state index >= 15 is 0 Å². The molecule has 4 rings (SSSR count). The molecule has 0 radical (unpaired) electrons. The first-order chi connectivity index (χ1) is 12.2. The van der Waals surface area contributed by atoms with Crippen molar-refractivity contribution in [2.75, 3.05) is 5.32 Å². The van der Waals surface area contributed by atoms with Crippen LogP contribution in [0.1, 0.15) is 10.5 Å². The van der Waals surface area contributed by atoms with Crippen LogP contribution in [0.5, 0.6) is 0 Å². The molecule has 0 saturated carbocycles. The summed E-state index contributed by atoms with van der Waals surface area (Å²) in [6.45, 7) is 0. The summed E-state index contributed by atoms with van der Waals surface area (Å²) >= 11 is 1.33. The molecule has 0 spiro atoms. The van der Waals surface area contributed by atoms with E-state index in [1.54, 1.807) is 24.3 Å². The summed E-state index contributed by atoms with van der Waals surface area (Å²) in [6.07, 6.45) is 0. The standard InChI is InChI=1S/C18H12N4O2S/c23-16-13-9-5-4-8-12(13)15(21-22-16)17(24)20-18-19-14(10-25-18)11-6-2-1-3-7-11/h1-10H,(H,22,23)(H,19,20,24). The molecule has 4 aromatic rings. The second kappa shape index (κ2) is 6.29. The molecule has 2 aromatic carbocycles. The highest BCUT2D eigenvalue weighted by Gasteiger charge is 2.15. The van der Waals surface area contributed by atoms with Crippen LogP contribution in [0, 0.1) is 0 Å². The topological polar surface area (TPSA) is 87.7 Å². The molecule has 0 unspecified atom stereocenters. The number of hydrogen-bond acceptors (Lipinski definition) is 5. The maximum Gasteiger partial charge on any atom is 0.278 e. The highest BCUT2D eigenvalue weighted by molar-refractivity contribution is 7.14. The lowest BCUT2D eigenvalue weighted by Crippen LogP contribution is -2.19. The Bertz CT molecular complexity index is 1120. The van der Waals surface area contributed by atoms with Gasteiger partial charge in [-0.25, -0.2) is 10.1 Å². The smallest absolute Gasteiger partial charge is 0.278 e. The van der Waals surface area contributed by atoms with Crippen molar-refractivity contribution >= 4 is 33.1 Å². The zero-order valence-electron chi connectivity index (χ0n) is 12.9. The Labute approximate surface area is 146 Å². The molecular formula is C18H12N4O2S. The number of fused-ring (bicyclic) bond motifs is 1. The Kier molecular flexibility index (Phi) is 3.83. The van der Waals surface area contributed by atoms with Crippen LogP contribution < -0.4 is 10.9 Å².